The minimum Gasteiger partial charge on any atom is -0.348 e. The van der Waals surface area contributed by atoms with Gasteiger partial charge in [-0.2, -0.15) is 0 Å². The fraction of sp³-hybridized carbons (Fsp3) is 0.0476. The summed E-state index contributed by atoms with van der Waals surface area (Å²) in [5, 5.41) is 4.96. The van der Waals surface area contributed by atoms with Gasteiger partial charge in [0, 0.05) is 17.7 Å². The summed E-state index contributed by atoms with van der Waals surface area (Å²) in [6, 6.07) is 18.6. The van der Waals surface area contributed by atoms with Gasteiger partial charge in [-0.05, 0) is 35.9 Å². The molecule has 0 atom stereocenters. The Hall–Kier alpha value is -3.54. The van der Waals surface area contributed by atoms with Crippen LogP contribution in [0.25, 0.3) is 0 Å². The third-order valence-electron chi connectivity index (χ3n) is 3.88. The predicted molar refractivity (Wildman–Crippen MR) is 98.4 cm³/mol. The first-order valence-corrected chi connectivity index (χ1v) is 8.22. The van der Waals surface area contributed by atoms with E-state index in [9.17, 15) is 18.4 Å². The van der Waals surface area contributed by atoms with Crippen LogP contribution in [0.15, 0.2) is 72.8 Å². The van der Waals surface area contributed by atoms with Gasteiger partial charge in [-0.15, -0.1) is 0 Å². The normalized spacial score (nSPS) is 10.3. The van der Waals surface area contributed by atoms with Crippen LogP contribution in [0.2, 0.25) is 0 Å². The third kappa shape index (κ3) is 4.55. The monoisotopic (exact) mass is 366 g/mol. The number of amides is 2. The van der Waals surface area contributed by atoms with Crippen molar-refractivity contribution in [1.82, 2.24) is 5.32 Å². The number of carbonyl (C=O) groups is 2. The Bertz CT molecular complexity index is 955. The fourth-order valence-corrected chi connectivity index (χ4v) is 2.48. The van der Waals surface area contributed by atoms with Gasteiger partial charge in [0.15, 0.2) is 0 Å². The number of halogens is 2. The number of carbonyl (C=O) groups excluding carboxylic acids is 2. The van der Waals surface area contributed by atoms with Crippen LogP contribution in [0.3, 0.4) is 0 Å². The first-order chi connectivity index (χ1) is 13.0. The molecule has 3 rings (SSSR count). The molecule has 0 fully saturated rings. The van der Waals surface area contributed by atoms with E-state index in [-0.39, 0.29) is 17.0 Å². The average molecular weight is 366 g/mol. The van der Waals surface area contributed by atoms with Crippen LogP contribution in [0.5, 0.6) is 0 Å². The van der Waals surface area contributed by atoms with Gasteiger partial charge >= 0.3 is 0 Å². The molecule has 3 aromatic carbocycles. The summed E-state index contributed by atoms with van der Waals surface area (Å²) in [5.74, 6) is -2.82. The third-order valence-corrected chi connectivity index (χ3v) is 3.88. The number of benzene rings is 3. The molecule has 27 heavy (non-hydrogen) atoms. The van der Waals surface area contributed by atoms with Crippen LogP contribution in [-0.2, 0) is 6.54 Å². The molecular weight excluding hydrogens is 350 g/mol. The van der Waals surface area contributed by atoms with Crippen molar-refractivity contribution in [3.8, 4) is 0 Å². The van der Waals surface area contributed by atoms with E-state index in [1.54, 1.807) is 6.07 Å². The number of para-hydroxylation sites is 1. The zero-order chi connectivity index (χ0) is 19.2. The molecule has 4 nitrogen and oxygen atoms in total. The van der Waals surface area contributed by atoms with Gasteiger partial charge in [-0.25, -0.2) is 8.78 Å². The average Bonchev–Trinajstić information content (AvgIpc) is 2.70. The molecule has 0 aliphatic rings. The molecule has 136 valence electrons. The van der Waals surface area contributed by atoms with Crippen molar-refractivity contribution in [2.45, 2.75) is 6.54 Å². The molecule has 3 aromatic rings. The molecule has 0 aliphatic carbocycles. The Morgan fingerprint density at radius 2 is 1.33 bits per heavy atom. The van der Waals surface area contributed by atoms with Gasteiger partial charge in [-0.1, -0.05) is 42.5 Å². The molecule has 0 unspecified atom stereocenters. The van der Waals surface area contributed by atoms with Crippen molar-refractivity contribution in [2.75, 3.05) is 5.32 Å². The number of hydrogen-bond acceptors (Lipinski definition) is 2. The summed E-state index contributed by atoms with van der Waals surface area (Å²) in [5.41, 5.74) is 0.800. The van der Waals surface area contributed by atoms with E-state index in [1.165, 1.54) is 24.3 Å². The van der Waals surface area contributed by atoms with Gasteiger partial charge in [0.1, 0.15) is 17.3 Å². The van der Waals surface area contributed by atoms with Crippen molar-refractivity contribution >= 4 is 17.5 Å². The van der Waals surface area contributed by atoms with E-state index >= 15 is 0 Å². The maximum atomic E-state index is 13.7. The van der Waals surface area contributed by atoms with Crippen LogP contribution in [0, 0.1) is 11.6 Å². The predicted octanol–water partition coefficient (Wildman–Crippen LogP) is 4.15. The summed E-state index contributed by atoms with van der Waals surface area (Å²) in [7, 11) is 0. The van der Waals surface area contributed by atoms with Crippen LogP contribution in [-0.4, -0.2) is 11.8 Å². The number of hydrogen-bond donors (Lipinski definition) is 2. The van der Waals surface area contributed by atoms with E-state index < -0.39 is 23.2 Å². The highest BCUT2D eigenvalue weighted by atomic mass is 19.1. The first kappa shape index (κ1) is 18.3. The van der Waals surface area contributed by atoms with E-state index in [0.29, 0.717) is 6.54 Å². The zero-order valence-electron chi connectivity index (χ0n) is 14.2. The van der Waals surface area contributed by atoms with E-state index in [0.717, 1.165) is 17.7 Å². The lowest BCUT2D eigenvalue weighted by Gasteiger charge is -2.09. The van der Waals surface area contributed by atoms with Crippen LogP contribution in [0.4, 0.5) is 14.5 Å². The molecule has 0 heterocycles. The summed E-state index contributed by atoms with van der Waals surface area (Å²) in [4.78, 5) is 24.6. The lowest BCUT2D eigenvalue weighted by Crippen LogP contribution is -2.23. The lowest BCUT2D eigenvalue weighted by molar-refractivity contribution is 0.0951. The number of nitrogens with one attached hydrogen (secondary N) is 2. The summed E-state index contributed by atoms with van der Waals surface area (Å²) < 4.78 is 27.4. The Labute approximate surface area is 154 Å². The highest BCUT2D eigenvalue weighted by Gasteiger charge is 2.15. The Kier molecular flexibility index (Phi) is 5.56. The quantitative estimate of drug-likeness (QED) is 0.713. The van der Waals surface area contributed by atoms with Crippen LogP contribution < -0.4 is 10.6 Å². The van der Waals surface area contributed by atoms with Crippen molar-refractivity contribution in [1.29, 1.82) is 0 Å². The molecule has 0 saturated heterocycles. The van der Waals surface area contributed by atoms with Crippen molar-refractivity contribution in [2.24, 2.45) is 0 Å². The zero-order valence-corrected chi connectivity index (χ0v) is 14.2. The second-order valence-electron chi connectivity index (χ2n) is 5.80. The summed E-state index contributed by atoms with van der Waals surface area (Å²) in [6.07, 6.45) is 0. The largest absolute Gasteiger partial charge is 0.348 e. The van der Waals surface area contributed by atoms with Gasteiger partial charge in [-0.3, -0.25) is 9.59 Å². The van der Waals surface area contributed by atoms with Gasteiger partial charge in [0.2, 0.25) is 0 Å². The Balaban J connectivity index is 1.71. The minimum absolute atomic E-state index is 0.116. The molecule has 0 saturated carbocycles. The van der Waals surface area contributed by atoms with Crippen molar-refractivity contribution < 1.29 is 18.4 Å². The maximum Gasteiger partial charge on any atom is 0.255 e. The summed E-state index contributed by atoms with van der Waals surface area (Å²) in [6.45, 7) is 0.344. The Morgan fingerprint density at radius 3 is 2.00 bits per heavy atom. The van der Waals surface area contributed by atoms with Crippen molar-refractivity contribution in [3.63, 3.8) is 0 Å². The van der Waals surface area contributed by atoms with Crippen molar-refractivity contribution in [3.05, 3.63) is 101 Å². The van der Waals surface area contributed by atoms with Gasteiger partial charge < -0.3 is 10.6 Å². The molecule has 2 N–H and O–H groups in total. The SMILES string of the molecule is O=C(NCc1ccccc1)c1cccc(C(=O)Nc2c(F)cccc2F)c1. The molecule has 0 aliphatic heterocycles. The van der Waals surface area contributed by atoms with Gasteiger partial charge in [0.05, 0.1) is 0 Å². The standard InChI is InChI=1S/C21H16F2N2O2/c22-17-10-5-11-18(23)19(17)25-21(27)16-9-4-8-15(12-16)20(26)24-13-14-6-2-1-3-7-14/h1-12H,13H2,(H,24,26)(H,25,27). The molecular formula is C21H16F2N2O2. The molecule has 6 heteroatoms. The van der Waals surface area contributed by atoms with Crippen LogP contribution in [0.1, 0.15) is 26.3 Å². The molecule has 0 spiro atoms. The number of anilines is 1. The molecule has 2 amide bonds. The van der Waals surface area contributed by atoms with Gasteiger partial charge in [0.25, 0.3) is 11.8 Å². The second-order valence-corrected chi connectivity index (χ2v) is 5.80. The lowest BCUT2D eigenvalue weighted by atomic mass is 10.1. The maximum absolute atomic E-state index is 13.7. The number of rotatable bonds is 5. The van der Waals surface area contributed by atoms with E-state index in [4.69, 9.17) is 0 Å². The highest BCUT2D eigenvalue weighted by molar-refractivity contribution is 6.06. The Morgan fingerprint density at radius 1 is 0.741 bits per heavy atom. The smallest absolute Gasteiger partial charge is 0.255 e. The topological polar surface area (TPSA) is 58.2 Å². The minimum atomic E-state index is -0.875. The highest BCUT2D eigenvalue weighted by Crippen LogP contribution is 2.19. The second kappa shape index (κ2) is 8.23. The fourth-order valence-electron chi connectivity index (χ4n) is 2.48. The molecule has 0 aromatic heterocycles. The molecule has 0 radical (unpaired) electrons. The van der Waals surface area contributed by atoms with E-state index in [2.05, 4.69) is 10.6 Å². The van der Waals surface area contributed by atoms with Crippen LogP contribution >= 0.6 is 0 Å². The summed E-state index contributed by atoms with van der Waals surface area (Å²) >= 11 is 0. The van der Waals surface area contributed by atoms with E-state index in [1.807, 2.05) is 30.3 Å². The molecule has 0 bridgehead atoms. The first-order valence-electron chi connectivity index (χ1n) is 8.22.